The molecule has 2 atom stereocenters. The van der Waals surface area contributed by atoms with Crippen molar-refractivity contribution in [1.29, 1.82) is 0 Å². The monoisotopic (exact) mass is 321 g/mol. The SMILES string of the molecule is CC[C@@H]1CN(c2nc(=O)n(C)c3ccc(Cl)nc23)C(C)CN1. The molecule has 22 heavy (non-hydrogen) atoms. The third kappa shape index (κ3) is 2.57. The minimum atomic E-state index is -0.273. The quantitative estimate of drug-likeness (QED) is 0.850. The fourth-order valence-corrected chi connectivity index (χ4v) is 3.03. The number of aromatic nitrogens is 3. The molecule has 0 radical (unpaired) electrons. The van der Waals surface area contributed by atoms with E-state index in [1.807, 2.05) is 6.07 Å². The van der Waals surface area contributed by atoms with E-state index >= 15 is 0 Å². The number of hydrogen-bond donors (Lipinski definition) is 1. The molecule has 1 aliphatic heterocycles. The highest BCUT2D eigenvalue weighted by Gasteiger charge is 2.27. The van der Waals surface area contributed by atoms with Gasteiger partial charge in [-0.1, -0.05) is 18.5 Å². The molecule has 0 spiro atoms. The van der Waals surface area contributed by atoms with Crippen molar-refractivity contribution >= 4 is 28.5 Å². The molecule has 1 fully saturated rings. The molecule has 0 saturated carbocycles. The number of halogens is 1. The number of hydrogen-bond acceptors (Lipinski definition) is 5. The Bertz CT molecular complexity index is 759. The Morgan fingerprint density at radius 1 is 1.41 bits per heavy atom. The molecule has 1 saturated heterocycles. The van der Waals surface area contributed by atoms with E-state index in [-0.39, 0.29) is 11.7 Å². The highest BCUT2D eigenvalue weighted by Crippen LogP contribution is 2.25. The first-order valence-electron chi connectivity index (χ1n) is 7.54. The lowest BCUT2D eigenvalue weighted by molar-refractivity contribution is 0.395. The van der Waals surface area contributed by atoms with Crippen LogP contribution < -0.4 is 15.9 Å². The van der Waals surface area contributed by atoms with Gasteiger partial charge in [-0.3, -0.25) is 4.57 Å². The van der Waals surface area contributed by atoms with Gasteiger partial charge < -0.3 is 10.2 Å². The van der Waals surface area contributed by atoms with Gasteiger partial charge in [0.2, 0.25) is 0 Å². The fraction of sp³-hybridized carbons (Fsp3) is 0.533. The third-order valence-corrected chi connectivity index (χ3v) is 4.53. The van der Waals surface area contributed by atoms with Crippen LogP contribution in [0.2, 0.25) is 5.15 Å². The molecular weight excluding hydrogens is 302 g/mol. The molecule has 0 bridgehead atoms. The van der Waals surface area contributed by atoms with Crippen LogP contribution in [0.25, 0.3) is 11.0 Å². The molecule has 3 heterocycles. The minimum Gasteiger partial charge on any atom is -0.349 e. The Balaban J connectivity index is 2.19. The zero-order chi connectivity index (χ0) is 15.9. The van der Waals surface area contributed by atoms with Crippen molar-refractivity contribution in [3.63, 3.8) is 0 Å². The van der Waals surface area contributed by atoms with Crippen LogP contribution in [-0.2, 0) is 7.05 Å². The molecule has 6 nitrogen and oxygen atoms in total. The lowest BCUT2D eigenvalue weighted by Gasteiger charge is -2.39. The maximum Gasteiger partial charge on any atom is 0.349 e. The first kappa shape index (κ1) is 15.2. The van der Waals surface area contributed by atoms with Gasteiger partial charge >= 0.3 is 5.69 Å². The molecule has 3 rings (SSSR count). The van der Waals surface area contributed by atoms with Gasteiger partial charge in [-0.25, -0.2) is 9.78 Å². The van der Waals surface area contributed by atoms with Gasteiger partial charge in [0.1, 0.15) is 10.7 Å². The van der Waals surface area contributed by atoms with Crippen molar-refractivity contribution in [1.82, 2.24) is 19.9 Å². The normalized spacial score (nSPS) is 22.3. The third-order valence-electron chi connectivity index (χ3n) is 4.32. The number of fused-ring (bicyclic) bond motifs is 1. The van der Waals surface area contributed by atoms with Crippen LogP contribution in [0.3, 0.4) is 0 Å². The molecule has 2 aromatic rings. The predicted octanol–water partition coefficient (Wildman–Crippen LogP) is 1.56. The zero-order valence-corrected chi connectivity index (χ0v) is 13.8. The summed E-state index contributed by atoms with van der Waals surface area (Å²) in [4.78, 5) is 23.0. The molecule has 0 amide bonds. The average molecular weight is 322 g/mol. The van der Waals surface area contributed by atoms with Crippen LogP contribution in [0.1, 0.15) is 20.3 Å². The molecule has 118 valence electrons. The van der Waals surface area contributed by atoms with Crippen molar-refractivity contribution in [2.75, 3.05) is 18.0 Å². The van der Waals surface area contributed by atoms with Gasteiger partial charge in [0.05, 0.1) is 5.52 Å². The lowest BCUT2D eigenvalue weighted by atomic mass is 10.1. The van der Waals surface area contributed by atoms with Crippen LogP contribution in [-0.4, -0.2) is 39.7 Å². The number of nitrogens with one attached hydrogen (secondary N) is 1. The standard InChI is InChI=1S/C15H20ClN5O/c1-4-10-8-21(9(2)7-17-10)14-13-11(5-6-12(16)18-13)20(3)15(22)19-14/h5-6,9-10,17H,4,7-8H2,1-3H3/t9?,10-/m1/s1. The van der Waals surface area contributed by atoms with Crippen LogP contribution in [0.5, 0.6) is 0 Å². The van der Waals surface area contributed by atoms with Crippen molar-refractivity contribution in [2.45, 2.75) is 32.4 Å². The molecule has 7 heteroatoms. The van der Waals surface area contributed by atoms with E-state index in [1.54, 1.807) is 13.1 Å². The molecular formula is C15H20ClN5O. The Morgan fingerprint density at radius 2 is 2.18 bits per heavy atom. The molecule has 2 aromatic heterocycles. The van der Waals surface area contributed by atoms with E-state index in [4.69, 9.17) is 11.6 Å². The van der Waals surface area contributed by atoms with Gasteiger partial charge in [-0.2, -0.15) is 4.98 Å². The maximum absolute atomic E-state index is 12.2. The van der Waals surface area contributed by atoms with E-state index < -0.39 is 0 Å². The largest absolute Gasteiger partial charge is 0.349 e. The maximum atomic E-state index is 12.2. The molecule has 0 aliphatic carbocycles. The number of rotatable bonds is 2. The number of anilines is 1. The van der Waals surface area contributed by atoms with Gasteiger partial charge in [0.15, 0.2) is 5.82 Å². The van der Waals surface area contributed by atoms with Crippen molar-refractivity contribution in [3.8, 4) is 0 Å². The first-order chi connectivity index (χ1) is 10.5. The van der Waals surface area contributed by atoms with E-state index in [1.165, 1.54) is 4.57 Å². The summed E-state index contributed by atoms with van der Waals surface area (Å²) in [6.45, 7) is 5.93. The van der Waals surface area contributed by atoms with Crippen molar-refractivity contribution < 1.29 is 0 Å². The van der Waals surface area contributed by atoms with E-state index in [9.17, 15) is 4.79 Å². The Kier molecular flexibility index (Phi) is 4.06. The Hall–Kier alpha value is -1.66. The number of aryl methyl sites for hydroxylation is 1. The summed E-state index contributed by atoms with van der Waals surface area (Å²) in [7, 11) is 1.70. The zero-order valence-electron chi connectivity index (χ0n) is 13.0. The number of nitrogens with zero attached hydrogens (tertiary/aromatic N) is 4. The van der Waals surface area contributed by atoms with Crippen molar-refractivity contribution in [2.24, 2.45) is 7.05 Å². The summed E-state index contributed by atoms with van der Waals surface area (Å²) in [5.41, 5.74) is 1.15. The van der Waals surface area contributed by atoms with Gasteiger partial charge in [-0.15, -0.1) is 0 Å². The lowest BCUT2D eigenvalue weighted by Crippen LogP contribution is -2.56. The van der Waals surface area contributed by atoms with Gasteiger partial charge in [-0.05, 0) is 25.5 Å². The smallest absolute Gasteiger partial charge is 0.349 e. The minimum absolute atomic E-state index is 0.242. The fourth-order valence-electron chi connectivity index (χ4n) is 2.88. The molecule has 1 aliphatic rings. The van der Waals surface area contributed by atoms with Crippen LogP contribution in [0, 0.1) is 0 Å². The van der Waals surface area contributed by atoms with Crippen LogP contribution >= 0.6 is 11.6 Å². The van der Waals surface area contributed by atoms with Gasteiger partial charge in [0.25, 0.3) is 0 Å². The Morgan fingerprint density at radius 3 is 2.91 bits per heavy atom. The predicted molar refractivity (Wildman–Crippen MR) is 88.7 cm³/mol. The summed E-state index contributed by atoms with van der Waals surface area (Å²) < 4.78 is 1.51. The Labute approximate surface area is 134 Å². The van der Waals surface area contributed by atoms with E-state index in [0.717, 1.165) is 25.0 Å². The summed E-state index contributed by atoms with van der Waals surface area (Å²) in [5, 5.41) is 3.91. The average Bonchev–Trinajstić information content (AvgIpc) is 2.51. The summed E-state index contributed by atoms with van der Waals surface area (Å²) in [5.74, 6) is 0.632. The molecule has 0 aromatic carbocycles. The second kappa shape index (κ2) is 5.85. The second-order valence-corrected chi connectivity index (χ2v) is 6.18. The second-order valence-electron chi connectivity index (χ2n) is 5.79. The highest BCUT2D eigenvalue weighted by molar-refractivity contribution is 6.29. The topological polar surface area (TPSA) is 63.1 Å². The number of piperazine rings is 1. The summed E-state index contributed by atoms with van der Waals surface area (Å²) in [6, 6.07) is 4.15. The highest BCUT2D eigenvalue weighted by atomic mass is 35.5. The van der Waals surface area contributed by atoms with Crippen molar-refractivity contribution in [3.05, 3.63) is 27.8 Å². The molecule has 1 N–H and O–H groups in total. The first-order valence-corrected chi connectivity index (χ1v) is 7.92. The van der Waals surface area contributed by atoms with Crippen LogP contribution in [0.15, 0.2) is 16.9 Å². The summed E-state index contributed by atoms with van der Waals surface area (Å²) >= 11 is 6.06. The van der Waals surface area contributed by atoms with E-state index in [2.05, 4.69) is 34.0 Å². The van der Waals surface area contributed by atoms with Crippen LogP contribution in [0.4, 0.5) is 5.82 Å². The van der Waals surface area contributed by atoms with Gasteiger partial charge in [0, 0.05) is 32.2 Å². The molecule has 1 unspecified atom stereocenters. The van der Waals surface area contributed by atoms with E-state index in [0.29, 0.717) is 22.5 Å². The number of pyridine rings is 1. The summed E-state index contributed by atoms with van der Waals surface area (Å²) in [6.07, 6.45) is 1.03.